The number of hydrogen-bond acceptors (Lipinski definition) is 3. The second-order valence-corrected chi connectivity index (χ2v) is 8.38. The Kier molecular flexibility index (Phi) is 5.16. The standard InChI is InChI=1S/C15H25NS2/c1-15(2,17-3)11-16-14(12-7-4-5-8-12)13-9-6-10-18-13/h6,9-10,12,14,16H,4-5,7-8,11H2,1-3H3. The second-order valence-electron chi connectivity index (χ2n) is 5.88. The molecule has 1 fully saturated rings. The Morgan fingerprint density at radius 2 is 2.17 bits per heavy atom. The van der Waals surface area contributed by atoms with E-state index in [1.165, 1.54) is 30.6 Å². The molecule has 0 bridgehead atoms. The molecule has 1 aliphatic rings. The maximum absolute atomic E-state index is 3.84. The molecule has 1 unspecified atom stereocenters. The van der Waals surface area contributed by atoms with Gasteiger partial charge in [-0.3, -0.25) is 0 Å². The van der Waals surface area contributed by atoms with Gasteiger partial charge in [-0.1, -0.05) is 18.9 Å². The molecule has 3 heteroatoms. The lowest BCUT2D eigenvalue weighted by Gasteiger charge is -2.29. The normalized spacial score (nSPS) is 19.3. The molecule has 0 aliphatic heterocycles. The van der Waals surface area contributed by atoms with E-state index in [1.54, 1.807) is 0 Å². The Labute approximate surface area is 120 Å². The van der Waals surface area contributed by atoms with E-state index in [-0.39, 0.29) is 0 Å². The molecule has 0 radical (unpaired) electrons. The first kappa shape index (κ1) is 14.4. The Bertz CT molecular complexity index is 339. The minimum absolute atomic E-state index is 0.327. The highest BCUT2D eigenvalue weighted by atomic mass is 32.2. The zero-order valence-corrected chi connectivity index (χ0v) is 13.4. The summed E-state index contributed by atoms with van der Waals surface area (Å²) >= 11 is 3.86. The summed E-state index contributed by atoms with van der Waals surface area (Å²) in [6, 6.07) is 5.06. The first-order valence-corrected chi connectivity index (χ1v) is 9.05. The quantitative estimate of drug-likeness (QED) is 0.811. The molecule has 1 aromatic heterocycles. The monoisotopic (exact) mass is 283 g/mol. The van der Waals surface area contributed by atoms with Gasteiger partial charge < -0.3 is 5.32 Å². The lowest BCUT2D eigenvalue weighted by Crippen LogP contribution is -2.36. The highest BCUT2D eigenvalue weighted by Gasteiger charge is 2.28. The molecule has 1 saturated carbocycles. The van der Waals surface area contributed by atoms with Crippen molar-refractivity contribution >= 4 is 23.1 Å². The Hall–Kier alpha value is 0.01000. The fraction of sp³-hybridized carbons (Fsp3) is 0.733. The fourth-order valence-electron chi connectivity index (χ4n) is 2.69. The van der Waals surface area contributed by atoms with Crippen molar-refractivity contribution < 1.29 is 0 Å². The fourth-order valence-corrected chi connectivity index (χ4v) is 3.81. The van der Waals surface area contributed by atoms with Crippen LogP contribution in [0.1, 0.15) is 50.4 Å². The lowest BCUT2D eigenvalue weighted by molar-refractivity contribution is 0.362. The maximum atomic E-state index is 3.84. The lowest BCUT2D eigenvalue weighted by atomic mass is 9.96. The van der Waals surface area contributed by atoms with E-state index < -0.39 is 0 Å². The zero-order valence-electron chi connectivity index (χ0n) is 11.7. The maximum Gasteiger partial charge on any atom is 0.0443 e. The van der Waals surface area contributed by atoms with Crippen LogP contribution in [0.5, 0.6) is 0 Å². The van der Waals surface area contributed by atoms with E-state index >= 15 is 0 Å². The van der Waals surface area contributed by atoms with Gasteiger partial charge in [-0.15, -0.1) is 11.3 Å². The van der Waals surface area contributed by atoms with Gasteiger partial charge in [-0.05, 0) is 50.3 Å². The van der Waals surface area contributed by atoms with Crippen molar-refractivity contribution in [2.75, 3.05) is 12.8 Å². The first-order chi connectivity index (χ1) is 8.62. The van der Waals surface area contributed by atoms with Crippen LogP contribution >= 0.6 is 23.1 Å². The predicted octanol–water partition coefficient (Wildman–Crippen LogP) is 4.71. The zero-order chi connectivity index (χ0) is 13.0. The van der Waals surface area contributed by atoms with Gasteiger partial charge in [-0.25, -0.2) is 0 Å². The largest absolute Gasteiger partial charge is 0.308 e. The molecule has 1 heterocycles. The first-order valence-electron chi connectivity index (χ1n) is 6.94. The summed E-state index contributed by atoms with van der Waals surface area (Å²) in [4.78, 5) is 1.53. The summed E-state index contributed by atoms with van der Waals surface area (Å²) in [6.45, 7) is 5.74. The molecular formula is C15H25NS2. The molecular weight excluding hydrogens is 258 g/mol. The van der Waals surface area contributed by atoms with Crippen molar-refractivity contribution in [2.24, 2.45) is 5.92 Å². The summed E-state index contributed by atoms with van der Waals surface area (Å²) < 4.78 is 0.327. The number of rotatable bonds is 6. The van der Waals surface area contributed by atoms with Crippen LogP contribution in [0.25, 0.3) is 0 Å². The molecule has 1 N–H and O–H groups in total. The van der Waals surface area contributed by atoms with Crippen LogP contribution in [0.3, 0.4) is 0 Å². The number of nitrogens with one attached hydrogen (secondary N) is 1. The van der Waals surface area contributed by atoms with Crippen molar-refractivity contribution in [3.05, 3.63) is 22.4 Å². The molecule has 18 heavy (non-hydrogen) atoms. The van der Waals surface area contributed by atoms with E-state index in [0.29, 0.717) is 10.8 Å². The van der Waals surface area contributed by atoms with E-state index in [4.69, 9.17) is 0 Å². The van der Waals surface area contributed by atoms with Crippen molar-refractivity contribution in [1.29, 1.82) is 0 Å². The third-order valence-electron chi connectivity index (χ3n) is 4.02. The van der Waals surface area contributed by atoms with Crippen LogP contribution in [0, 0.1) is 5.92 Å². The molecule has 0 saturated heterocycles. The molecule has 1 atom stereocenters. The highest BCUT2D eigenvalue weighted by Crippen LogP contribution is 2.37. The van der Waals surface area contributed by atoms with Crippen LogP contribution < -0.4 is 5.32 Å². The summed E-state index contributed by atoms with van der Waals surface area (Å²) in [5.41, 5.74) is 0. The van der Waals surface area contributed by atoms with E-state index in [0.717, 1.165) is 12.5 Å². The van der Waals surface area contributed by atoms with Gasteiger partial charge in [0.05, 0.1) is 0 Å². The van der Waals surface area contributed by atoms with Gasteiger partial charge in [0.25, 0.3) is 0 Å². The Balaban J connectivity index is 2.01. The molecule has 1 aliphatic carbocycles. The second kappa shape index (κ2) is 6.44. The molecule has 1 nitrogen and oxygen atoms in total. The molecule has 0 amide bonds. The van der Waals surface area contributed by atoms with Gasteiger partial charge in [0.15, 0.2) is 0 Å². The van der Waals surface area contributed by atoms with E-state index in [2.05, 4.69) is 42.9 Å². The summed E-state index contributed by atoms with van der Waals surface area (Å²) in [7, 11) is 0. The van der Waals surface area contributed by atoms with E-state index in [1.807, 2.05) is 23.1 Å². The Morgan fingerprint density at radius 3 is 2.72 bits per heavy atom. The van der Waals surface area contributed by atoms with Gasteiger partial charge in [0, 0.05) is 22.2 Å². The van der Waals surface area contributed by atoms with Crippen LogP contribution in [0.2, 0.25) is 0 Å². The summed E-state index contributed by atoms with van der Waals surface area (Å²) in [6.07, 6.45) is 7.84. The molecule has 0 aromatic carbocycles. The van der Waals surface area contributed by atoms with Crippen molar-refractivity contribution in [1.82, 2.24) is 5.32 Å². The van der Waals surface area contributed by atoms with Crippen molar-refractivity contribution in [2.45, 2.75) is 50.3 Å². The topological polar surface area (TPSA) is 12.0 Å². The van der Waals surface area contributed by atoms with Gasteiger partial charge >= 0.3 is 0 Å². The number of thioether (sulfide) groups is 1. The summed E-state index contributed by atoms with van der Waals surface area (Å²) in [5.74, 6) is 0.848. The van der Waals surface area contributed by atoms with Crippen molar-refractivity contribution in [3.63, 3.8) is 0 Å². The van der Waals surface area contributed by atoms with Gasteiger partial charge in [0.2, 0.25) is 0 Å². The smallest absolute Gasteiger partial charge is 0.0443 e. The van der Waals surface area contributed by atoms with Crippen LogP contribution in [-0.2, 0) is 0 Å². The Morgan fingerprint density at radius 1 is 1.44 bits per heavy atom. The highest BCUT2D eigenvalue weighted by molar-refractivity contribution is 7.99. The third kappa shape index (κ3) is 3.75. The van der Waals surface area contributed by atoms with Gasteiger partial charge in [0.1, 0.15) is 0 Å². The average molecular weight is 284 g/mol. The third-order valence-corrected chi connectivity index (χ3v) is 6.23. The minimum Gasteiger partial charge on any atom is -0.308 e. The van der Waals surface area contributed by atoms with Crippen LogP contribution in [0.15, 0.2) is 17.5 Å². The molecule has 2 rings (SSSR count). The molecule has 1 aromatic rings. The SMILES string of the molecule is CSC(C)(C)CNC(c1cccs1)C1CCCC1. The molecule has 102 valence electrons. The average Bonchev–Trinajstić information content (AvgIpc) is 3.01. The van der Waals surface area contributed by atoms with E-state index in [9.17, 15) is 0 Å². The predicted molar refractivity (Wildman–Crippen MR) is 84.6 cm³/mol. The number of hydrogen-bond donors (Lipinski definition) is 1. The number of thiophene rings is 1. The van der Waals surface area contributed by atoms with Crippen molar-refractivity contribution in [3.8, 4) is 0 Å². The van der Waals surface area contributed by atoms with Gasteiger partial charge in [-0.2, -0.15) is 11.8 Å². The van der Waals surface area contributed by atoms with Crippen LogP contribution in [0.4, 0.5) is 0 Å². The summed E-state index contributed by atoms with van der Waals surface area (Å²) in [5, 5.41) is 6.05. The minimum atomic E-state index is 0.327. The van der Waals surface area contributed by atoms with Crippen LogP contribution in [-0.4, -0.2) is 17.5 Å². The molecule has 0 spiro atoms.